The Morgan fingerprint density at radius 1 is 1.12 bits per heavy atom. The van der Waals surface area contributed by atoms with Gasteiger partial charge in [-0.2, -0.15) is 0 Å². The van der Waals surface area contributed by atoms with Crippen molar-refractivity contribution in [3.8, 4) is 0 Å². The molecule has 7 unspecified atom stereocenters. The minimum absolute atomic E-state index is 0.426. The van der Waals surface area contributed by atoms with Gasteiger partial charge in [0.1, 0.15) is 0 Å². The average Bonchev–Trinajstić information content (AvgIpc) is 3.03. The van der Waals surface area contributed by atoms with Gasteiger partial charge in [-0.25, -0.2) is 0 Å². The smallest absolute Gasteiger partial charge is 0.0887 e. The summed E-state index contributed by atoms with van der Waals surface area (Å²) in [6.45, 7) is 4.22. The lowest BCUT2D eigenvalue weighted by Crippen LogP contribution is -2.45. The Hall–Kier alpha value is -0.300. The highest BCUT2D eigenvalue weighted by molar-refractivity contribution is 5.26. The van der Waals surface area contributed by atoms with Crippen LogP contribution in [0.3, 0.4) is 0 Å². The molecule has 1 nitrogen and oxygen atoms in total. The molecule has 0 aromatic heterocycles. The first-order valence-electron chi connectivity index (χ1n) is 7.51. The van der Waals surface area contributed by atoms with Gasteiger partial charge in [0.15, 0.2) is 0 Å². The fourth-order valence-electron chi connectivity index (χ4n) is 6.30. The summed E-state index contributed by atoms with van der Waals surface area (Å²) in [4.78, 5) is 0. The van der Waals surface area contributed by atoms with E-state index in [0.29, 0.717) is 5.92 Å². The van der Waals surface area contributed by atoms with Crippen molar-refractivity contribution >= 4 is 0 Å². The number of fused-ring (bicyclic) bond motifs is 9. The number of rotatable bonds is 1. The van der Waals surface area contributed by atoms with Gasteiger partial charge in [-0.1, -0.05) is 6.08 Å². The molecule has 0 saturated heterocycles. The maximum absolute atomic E-state index is 11.1. The predicted molar refractivity (Wildman–Crippen MR) is 68.4 cm³/mol. The van der Waals surface area contributed by atoms with Crippen molar-refractivity contribution in [2.45, 2.75) is 51.6 Å². The fourth-order valence-corrected chi connectivity index (χ4v) is 6.30. The first-order valence-corrected chi connectivity index (χ1v) is 7.51. The Balaban J connectivity index is 1.71. The van der Waals surface area contributed by atoms with Crippen LogP contribution < -0.4 is 0 Å². The molecule has 0 aromatic rings. The maximum Gasteiger partial charge on any atom is 0.0887 e. The van der Waals surface area contributed by atoms with E-state index < -0.39 is 5.60 Å². The fraction of sp³-hybridized carbons (Fsp3) is 0.875. The summed E-state index contributed by atoms with van der Waals surface area (Å²) >= 11 is 0. The molecule has 4 fully saturated rings. The quantitative estimate of drug-likeness (QED) is 0.543. The molecule has 4 rings (SSSR count). The molecule has 7 atom stereocenters. The van der Waals surface area contributed by atoms with Crippen molar-refractivity contribution in [1.29, 1.82) is 0 Å². The first kappa shape index (κ1) is 10.6. The van der Waals surface area contributed by atoms with Crippen molar-refractivity contribution in [2.75, 3.05) is 0 Å². The van der Waals surface area contributed by atoms with Gasteiger partial charge in [-0.05, 0) is 87.0 Å². The van der Waals surface area contributed by atoms with Gasteiger partial charge < -0.3 is 5.11 Å². The average molecular weight is 232 g/mol. The highest BCUT2D eigenvalue weighted by Crippen LogP contribution is 2.70. The Morgan fingerprint density at radius 2 is 1.82 bits per heavy atom. The normalized spacial score (nSPS) is 60.1. The lowest BCUT2D eigenvalue weighted by atomic mass is 9.64. The van der Waals surface area contributed by atoms with Crippen LogP contribution in [0, 0.1) is 35.5 Å². The maximum atomic E-state index is 11.1. The van der Waals surface area contributed by atoms with E-state index in [4.69, 9.17) is 0 Å². The highest BCUT2D eigenvalue weighted by Gasteiger charge is 2.66. The van der Waals surface area contributed by atoms with Crippen LogP contribution in [-0.4, -0.2) is 10.7 Å². The molecule has 4 aliphatic rings. The van der Waals surface area contributed by atoms with Gasteiger partial charge in [-0.3, -0.25) is 0 Å². The lowest BCUT2D eigenvalue weighted by Gasteiger charge is -2.44. The predicted octanol–water partition coefficient (Wildman–Crippen LogP) is 3.39. The third kappa shape index (κ3) is 1.10. The van der Waals surface area contributed by atoms with Crippen LogP contribution in [0.25, 0.3) is 0 Å². The van der Waals surface area contributed by atoms with Gasteiger partial charge in [-0.15, -0.1) is 0 Å². The van der Waals surface area contributed by atoms with E-state index in [0.717, 1.165) is 36.0 Å². The first-order chi connectivity index (χ1) is 8.15. The van der Waals surface area contributed by atoms with Crippen LogP contribution in [0.5, 0.6) is 0 Å². The molecular weight excluding hydrogens is 208 g/mol. The molecule has 0 radical (unpaired) electrons. The largest absolute Gasteiger partial charge is 0.385 e. The van der Waals surface area contributed by atoms with Gasteiger partial charge in [0.25, 0.3) is 0 Å². The van der Waals surface area contributed by atoms with Crippen molar-refractivity contribution in [3.05, 3.63) is 11.6 Å². The molecule has 94 valence electrons. The molecule has 4 aliphatic carbocycles. The standard InChI is InChI=1S/C16H24O/c1-3-9(2)16(17)8-12-7-13(16)15-11-5-4-10(6-11)14(12)15/h3,10-15,17H,4-8H2,1-2H3/b9-3-. The second-order valence-electron chi connectivity index (χ2n) is 7.19. The summed E-state index contributed by atoms with van der Waals surface area (Å²) in [6.07, 6.45) is 8.98. The molecule has 0 aliphatic heterocycles. The van der Waals surface area contributed by atoms with Crippen molar-refractivity contribution in [1.82, 2.24) is 0 Å². The Bertz CT molecular complexity index is 385. The lowest BCUT2D eigenvalue weighted by molar-refractivity contribution is -0.0365. The van der Waals surface area contributed by atoms with E-state index in [1.807, 2.05) is 0 Å². The topological polar surface area (TPSA) is 20.2 Å². The van der Waals surface area contributed by atoms with Crippen molar-refractivity contribution < 1.29 is 5.11 Å². The zero-order valence-corrected chi connectivity index (χ0v) is 11.0. The van der Waals surface area contributed by atoms with Crippen LogP contribution in [-0.2, 0) is 0 Å². The minimum Gasteiger partial charge on any atom is -0.385 e. The molecular formula is C16H24O. The summed E-state index contributed by atoms with van der Waals surface area (Å²) in [7, 11) is 0. The van der Waals surface area contributed by atoms with Crippen molar-refractivity contribution in [3.63, 3.8) is 0 Å². The minimum atomic E-state index is -0.426. The molecule has 17 heavy (non-hydrogen) atoms. The van der Waals surface area contributed by atoms with Crippen molar-refractivity contribution in [2.24, 2.45) is 35.5 Å². The van der Waals surface area contributed by atoms with E-state index in [1.165, 1.54) is 31.3 Å². The number of allylic oxidation sites excluding steroid dienone is 1. The molecule has 0 spiro atoms. The van der Waals surface area contributed by atoms with Crippen LogP contribution in [0.2, 0.25) is 0 Å². The molecule has 1 heteroatoms. The summed E-state index contributed by atoms with van der Waals surface area (Å²) in [5.41, 5.74) is 0.816. The monoisotopic (exact) mass is 232 g/mol. The molecule has 4 bridgehead atoms. The molecule has 1 N–H and O–H groups in total. The van der Waals surface area contributed by atoms with E-state index in [1.54, 1.807) is 0 Å². The number of hydrogen-bond donors (Lipinski definition) is 1. The Morgan fingerprint density at radius 3 is 2.53 bits per heavy atom. The summed E-state index contributed by atoms with van der Waals surface area (Å²) < 4.78 is 0. The Kier molecular flexibility index (Phi) is 1.98. The van der Waals surface area contributed by atoms with Crippen LogP contribution in [0.1, 0.15) is 46.0 Å². The van der Waals surface area contributed by atoms with Gasteiger partial charge >= 0.3 is 0 Å². The summed E-state index contributed by atoms with van der Waals surface area (Å²) in [5.74, 6) is 5.34. The molecule has 4 saturated carbocycles. The zero-order chi connectivity index (χ0) is 11.8. The van der Waals surface area contributed by atoms with E-state index in [-0.39, 0.29) is 0 Å². The van der Waals surface area contributed by atoms with Gasteiger partial charge in [0.2, 0.25) is 0 Å². The van der Waals surface area contributed by atoms with E-state index in [9.17, 15) is 5.11 Å². The van der Waals surface area contributed by atoms with E-state index >= 15 is 0 Å². The highest BCUT2D eigenvalue weighted by atomic mass is 16.3. The SMILES string of the molecule is C/C=C(/C)C1(O)CC2CC1C1C3CCC(C3)C21. The molecule has 0 heterocycles. The zero-order valence-electron chi connectivity index (χ0n) is 11.0. The van der Waals surface area contributed by atoms with Gasteiger partial charge in [0.05, 0.1) is 5.60 Å². The van der Waals surface area contributed by atoms with Crippen LogP contribution >= 0.6 is 0 Å². The second-order valence-corrected chi connectivity index (χ2v) is 7.19. The number of aliphatic hydroxyl groups is 1. The van der Waals surface area contributed by atoms with Crippen LogP contribution in [0.15, 0.2) is 11.6 Å². The number of hydrogen-bond acceptors (Lipinski definition) is 1. The third-order valence-electron chi connectivity index (χ3n) is 6.92. The van der Waals surface area contributed by atoms with E-state index in [2.05, 4.69) is 19.9 Å². The Labute approximate surface area is 104 Å². The second kappa shape index (κ2) is 3.17. The molecule has 0 amide bonds. The summed E-state index contributed by atoms with van der Waals surface area (Å²) in [6, 6.07) is 0. The van der Waals surface area contributed by atoms with Gasteiger partial charge in [0, 0.05) is 0 Å². The van der Waals surface area contributed by atoms with Crippen LogP contribution in [0.4, 0.5) is 0 Å². The molecule has 0 aromatic carbocycles. The summed E-state index contributed by atoms with van der Waals surface area (Å²) in [5, 5.41) is 11.1. The third-order valence-corrected chi connectivity index (χ3v) is 6.92.